The standard InChI is InChI=1S/C20H22F2N8O2/c1-5-12(18(21)22)26-15-9-14(16(28-27-15)20(31)23-2)25-13-8-6-7-11(17(13)32-4)19-24-10-30(3)29-19/h5-10,18H,1-4H3,(H,23,31)(H2,25,26,27)/b12-5+/i2D3. The van der Waals surface area contributed by atoms with Crippen LogP contribution in [0.1, 0.15) is 21.5 Å². The number of aromatic nitrogens is 5. The van der Waals surface area contributed by atoms with Crippen molar-refractivity contribution < 1.29 is 22.4 Å². The van der Waals surface area contributed by atoms with Crippen LogP contribution in [0.15, 0.2) is 42.4 Å². The molecule has 0 radical (unpaired) electrons. The molecule has 0 aliphatic rings. The molecule has 3 N–H and O–H groups in total. The normalized spacial score (nSPS) is 13.2. The summed E-state index contributed by atoms with van der Waals surface area (Å²) in [5, 5.41) is 19.0. The molecule has 0 spiro atoms. The molecule has 0 aliphatic heterocycles. The van der Waals surface area contributed by atoms with E-state index < -0.39 is 25.0 Å². The van der Waals surface area contributed by atoms with Gasteiger partial charge in [0.25, 0.3) is 12.3 Å². The summed E-state index contributed by atoms with van der Waals surface area (Å²) in [5.74, 6) is -0.465. The number of rotatable bonds is 8. The molecule has 32 heavy (non-hydrogen) atoms. The summed E-state index contributed by atoms with van der Waals surface area (Å²) >= 11 is 0. The summed E-state index contributed by atoms with van der Waals surface area (Å²) < 4.78 is 55.3. The van der Waals surface area contributed by atoms with Gasteiger partial charge in [0, 0.05) is 24.2 Å². The third-order valence-electron chi connectivity index (χ3n) is 4.27. The maximum atomic E-state index is 13.2. The highest BCUT2D eigenvalue weighted by molar-refractivity contribution is 5.98. The lowest BCUT2D eigenvalue weighted by Crippen LogP contribution is -2.22. The zero-order chi connectivity index (χ0) is 25.8. The smallest absolute Gasteiger partial charge is 0.277 e. The Kier molecular flexibility index (Phi) is 5.72. The number of benzene rings is 1. The van der Waals surface area contributed by atoms with E-state index in [0.29, 0.717) is 22.8 Å². The number of halogens is 2. The number of nitrogens with one attached hydrogen (secondary N) is 3. The molecule has 10 nitrogen and oxygen atoms in total. The summed E-state index contributed by atoms with van der Waals surface area (Å²) in [7, 11) is 3.13. The van der Waals surface area contributed by atoms with Gasteiger partial charge in [-0.25, -0.2) is 13.8 Å². The second kappa shape index (κ2) is 9.81. The molecule has 2 heterocycles. The maximum Gasteiger partial charge on any atom is 0.277 e. The Hall–Kier alpha value is -4.09. The summed E-state index contributed by atoms with van der Waals surface area (Å²) in [6.45, 7) is -1.37. The molecule has 0 saturated heterocycles. The number of anilines is 3. The van der Waals surface area contributed by atoms with Gasteiger partial charge in [-0.3, -0.25) is 9.48 Å². The van der Waals surface area contributed by atoms with Gasteiger partial charge in [0.05, 0.1) is 29.7 Å². The first-order chi connectivity index (χ1) is 16.5. The number of aryl methyl sites for hydroxylation is 1. The molecule has 3 rings (SSSR count). The molecule has 168 valence electrons. The number of nitrogens with zero attached hydrogens (tertiary/aromatic N) is 5. The predicted molar refractivity (Wildman–Crippen MR) is 115 cm³/mol. The third kappa shape index (κ3) is 4.79. The maximum absolute atomic E-state index is 13.2. The van der Waals surface area contributed by atoms with Crippen LogP contribution < -0.4 is 20.7 Å². The average molecular weight is 447 g/mol. The van der Waals surface area contributed by atoms with Crippen LogP contribution in [0.5, 0.6) is 5.75 Å². The molecule has 1 amide bonds. The second-order valence-electron chi connectivity index (χ2n) is 6.37. The number of methoxy groups -OCH3 is 1. The van der Waals surface area contributed by atoms with E-state index in [1.165, 1.54) is 37.2 Å². The van der Waals surface area contributed by atoms with Crippen LogP contribution in [-0.4, -0.2) is 51.4 Å². The Balaban J connectivity index is 2.07. The van der Waals surface area contributed by atoms with Gasteiger partial charge in [0.1, 0.15) is 6.33 Å². The monoisotopic (exact) mass is 447 g/mol. The van der Waals surface area contributed by atoms with Crippen LogP contribution in [0.4, 0.5) is 26.0 Å². The van der Waals surface area contributed by atoms with E-state index in [9.17, 15) is 13.6 Å². The SMILES string of the molecule is [2H]C([2H])([2H])NC(=O)c1nnc(N/C(=C/C)C(F)F)cc1Nc1cccc(-c2ncn(C)n2)c1OC. The first-order valence-electron chi connectivity index (χ1n) is 10.7. The average Bonchev–Trinajstić information content (AvgIpc) is 3.22. The van der Waals surface area contributed by atoms with E-state index >= 15 is 0 Å². The summed E-state index contributed by atoms with van der Waals surface area (Å²) in [6, 6.07) is 6.28. The molecule has 3 aromatic rings. The van der Waals surface area contributed by atoms with Crippen molar-refractivity contribution in [2.45, 2.75) is 13.3 Å². The Labute approximate surface area is 186 Å². The number of ether oxygens (including phenoxy) is 1. The minimum Gasteiger partial charge on any atom is -0.494 e. The number of amides is 1. The van der Waals surface area contributed by atoms with Crippen molar-refractivity contribution in [1.29, 1.82) is 0 Å². The van der Waals surface area contributed by atoms with Crippen molar-refractivity contribution >= 4 is 23.1 Å². The molecule has 12 heteroatoms. The molecule has 0 atom stereocenters. The molecular formula is C20H22F2N8O2. The van der Waals surface area contributed by atoms with Gasteiger partial charge in [0.2, 0.25) is 0 Å². The zero-order valence-electron chi connectivity index (χ0n) is 20.3. The van der Waals surface area contributed by atoms with Gasteiger partial charge in [-0.1, -0.05) is 12.1 Å². The molecule has 2 aromatic heterocycles. The summed E-state index contributed by atoms with van der Waals surface area (Å²) in [5.41, 5.74) is 0.0543. The fraction of sp³-hybridized carbons (Fsp3) is 0.250. The molecule has 0 fully saturated rings. The quantitative estimate of drug-likeness (QED) is 0.482. The fourth-order valence-electron chi connectivity index (χ4n) is 2.81. The highest BCUT2D eigenvalue weighted by Crippen LogP contribution is 2.37. The number of allylic oxidation sites excluding steroid dienone is 2. The Morgan fingerprint density at radius 2 is 2.12 bits per heavy atom. The first-order valence-corrected chi connectivity index (χ1v) is 9.24. The number of hydrogen-bond acceptors (Lipinski definition) is 8. The van der Waals surface area contributed by atoms with Gasteiger partial charge in [0.15, 0.2) is 23.1 Å². The molecule has 0 unspecified atom stereocenters. The van der Waals surface area contributed by atoms with Gasteiger partial charge >= 0.3 is 0 Å². The van der Waals surface area contributed by atoms with Crippen LogP contribution in [0.25, 0.3) is 11.4 Å². The topological polar surface area (TPSA) is 119 Å². The van der Waals surface area contributed by atoms with Crippen molar-refractivity contribution in [2.24, 2.45) is 7.05 Å². The number of carbonyl (C=O) groups excluding carboxylic acids is 1. The molecule has 0 saturated carbocycles. The van der Waals surface area contributed by atoms with E-state index in [2.05, 4.69) is 30.9 Å². The Bertz CT molecular complexity index is 1250. The van der Waals surface area contributed by atoms with E-state index in [1.54, 1.807) is 25.2 Å². The lowest BCUT2D eigenvalue weighted by atomic mass is 10.1. The number of alkyl halides is 2. The van der Waals surface area contributed by atoms with Gasteiger partial charge < -0.3 is 20.7 Å². The summed E-state index contributed by atoms with van der Waals surface area (Å²) in [4.78, 5) is 16.8. The fourth-order valence-corrected chi connectivity index (χ4v) is 2.81. The summed E-state index contributed by atoms with van der Waals surface area (Å²) in [6.07, 6.45) is -0.126. The van der Waals surface area contributed by atoms with Crippen molar-refractivity contribution in [1.82, 2.24) is 30.3 Å². The zero-order valence-corrected chi connectivity index (χ0v) is 17.3. The highest BCUT2D eigenvalue weighted by atomic mass is 19.3. The molecule has 0 aliphatic carbocycles. The van der Waals surface area contributed by atoms with Crippen molar-refractivity contribution in [3.63, 3.8) is 0 Å². The Morgan fingerprint density at radius 3 is 2.75 bits per heavy atom. The Morgan fingerprint density at radius 1 is 1.31 bits per heavy atom. The van der Waals surface area contributed by atoms with E-state index in [-0.39, 0.29) is 17.2 Å². The number of hydrogen-bond donors (Lipinski definition) is 3. The first kappa shape index (κ1) is 18.7. The van der Waals surface area contributed by atoms with Crippen molar-refractivity contribution in [3.05, 3.63) is 48.1 Å². The largest absolute Gasteiger partial charge is 0.494 e. The lowest BCUT2D eigenvalue weighted by molar-refractivity contribution is 0.0958. The van der Waals surface area contributed by atoms with Crippen LogP contribution in [0, 0.1) is 0 Å². The van der Waals surface area contributed by atoms with Crippen LogP contribution in [0.2, 0.25) is 0 Å². The minimum atomic E-state index is -2.81. The molecular weight excluding hydrogens is 422 g/mol. The van der Waals surface area contributed by atoms with Gasteiger partial charge in [-0.05, 0) is 19.1 Å². The minimum absolute atomic E-state index is 0.0154. The van der Waals surface area contributed by atoms with Crippen LogP contribution in [-0.2, 0) is 7.05 Å². The van der Waals surface area contributed by atoms with E-state index in [4.69, 9.17) is 8.85 Å². The molecule has 0 bridgehead atoms. The van der Waals surface area contributed by atoms with Gasteiger partial charge in [-0.2, -0.15) is 5.10 Å². The van der Waals surface area contributed by atoms with Gasteiger partial charge in [-0.15, -0.1) is 10.2 Å². The lowest BCUT2D eigenvalue weighted by Gasteiger charge is -2.16. The van der Waals surface area contributed by atoms with Crippen LogP contribution >= 0.6 is 0 Å². The number of carbonyl (C=O) groups is 1. The third-order valence-corrected chi connectivity index (χ3v) is 4.27. The van der Waals surface area contributed by atoms with Crippen LogP contribution in [0.3, 0.4) is 0 Å². The highest BCUT2D eigenvalue weighted by Gasteiger charge is 2.20. The molecule has 1 aromatic carbocycles. The number of para-hydroxylation sites is 1. The van der Waals surface area contributed by atoms with Crippen molar-refractivity contribution in [2.75, 3.05) is 24.7 Å². The van der Waals surface area contributed by atoms with E-state index in [1.807, 2.05) is 5.32 Å². The van der Waals surface area contributed by atoms with E-state index in [0.717, 1.165) is 0 Å². The second-order valence-corrected chi connectivity index (χ2v) is 6.37. The predicted octanol–water partition coefficient (Wildman–Crippen LogP) is 2.96. The van der Waals surface area contributed by atoms with Crippen molar-refractivity contribution in [3.8, 4) is 17.1 Å².